The van der Waals surface area contributed by atoms with E-state index >= 15 is 0 Å². The van der Waals surface area contributed by atoms with Crippen LogP contribution in [0.2, 0.25) is 0 Å². The molecule has 0 atom stereocenters. The van der Waals surface area contributed by atoms with Gasteiger partial charge in [0.1, 0.15) is 5.75 Å². The number of rotatable bonds is 6. The Bertz CT molecular complexity index is 454. The predicted molar refractivity (Wildman–Crippen MR) is 81.2 cm³/mol. The Kier molecular flexibility index (Phi) is 5.41. The lowest BCUT2D eigenvalue weighted by Gasteiger charge is -2.13. The molecule has 0 radical (unpaired) electrons. The van der Waals surface area contributed by atoms with E-state index in [2.05, 4.69) is 10.6 Å². The number of hydrogen-bond donors (Lipinski definition) is 2. The maximum absolute atomic E-state index is 12.0. The first-order chi connectivity index (χ1) is 9.69. The van der Waals surface area contributed by atoms with Gasteiger partial charge < -0.3 is 15.4 Å². The number of nitrogens with one attached hydrogen (secondary N) is 2. The molecule has 4 nitrogen and oxygen atoms in total. The van der Waals surface area contributed by atoms with Crippen LogP contribution < -0.4 is 15.4 Å². The van der Waals surface area contributed by atoms with Crippen LogP contribution in [-0.4, -0.2) is 25.6 Å². The molecule has 0 aliphatic heterocycles. The van der Waals surface area contributed by atoms with Crippen molar-refractivity contribution in [2.45, 2.75) is 45.1 Å². The second-order valence-electron chi connectivity index (χ2n) is 5.44. The standard InChI is InChI=1S/C16H24N2O2/c1-12-7-8-15(20-2)14(11-12)18-16(19)9-10-17-13-5-3-4-6-13/h7-8,11,13,17H,3-6,9-10H2,1-2H3,(H,18,19). The highest BCUT2D eigenvalue weighted by Gasteiger charge is 2.14. The van der Waals surface area contributed by atoms with Gasteiger partial charge >= 0.3 is 0 Å². The number of aryl methyl sites for hydroxylation is 1. The van der Waals surface area contributed by atoms with Gasteiger partial charge in [-0.15, -0.1) is 0 Å². The van der Waals surface area contributed by atoms with Gasteiger partial charge in [-0.05, 0) is 37.5 Å². The van der Waals surface area contributed by atoms with E-state index in [4.69, 9.17) is 4.74 Å². The summed E-state index contributed by atoms with van der Waals surface area (Å²) >= 11 is 0. The van der Waals surface area contributed by atoms with Crippen LogP contribution in [0.15, 0.2) is 18.2 Å². The van der Waals surface area contributed by atoms with Crippen LogP contribution in [-0.2, 0) is 4.79 Å². The number of amides is 1. The third kappa shape index (κ3) is 4.23. The molecule has 0 saturated heterocycles. The third-order valence-corrected chi connectivity index (χ3v) is 3.77. The second kappa shape index (κ2) is 7.29. The van der Waals surface area contributed by atoms with Crippen molar-refractivity contribution in [3.63, 3.8) is 0 Å². The number of methoxy groups -OCH3 is 1. The summed E-state index contributed by atoms with van der Waals surface area (Å²) in [5.74, 6) is 0.729. The molecule has 0 heterocycles. The average molecular weight is 276 g/mol. The van der Waals surface area contributed by atoms with Crippen LogP contribution in [0.5, 0.6) is 5.75 Å². The SMILES string of the molecule is COc1ccc(C)cc1NC(=O)CCNC1CCCC1. The van der Waals surface area contributed by atoms with Crippen molar-refractivity contribution in [2.24, 2.45) is 0 Å². The monoisotopic (exact) mass is 276 g/mol. The van der Waals surface area contributed by atoms with Gasteiger partial charge in [-0.25, -0.2) is 0 Å². The van der Waals surface area contributed by atoms with E-state index in [1.165, 1.54) is 25.7 Å². The van der Waals surface area contributed by atoms with Crippen molar-refractivity contribution < 1.29 is 9.53 Å². The average Bonchev–Trinajstić information content (AvgIpc) is 2.92. The summed E-state index contributed by atoms with van der Waals surface area (Å²) < 4.78 is 5.26. The highest BCUT2D eigenvalue weighted by molar-refractivity contribution is 5.92. The van der Waals surface area contributed by atoms with Crippen LogP contribution >= 0.6 is 0 Å². The van der Waals surface area contributed by atoms with E-state index in [1.54, 1.807) is 7.11 Å². The number of ether oxygens (including phenoxy) is 1. The molecular weight excluding hydrogens is 252 g/mol. The van der Waals surface area contributed by atoms with Gasteiger partial charge in [0, 0.05) is 19.0 Å². The molecule has 1 fully saturated rings. The summed E-state index contributed by atoms with van der Waals surface area (Å²) in [7, 11) is 1.61. The number of anilines is 1. The minimum atomic E-state index is 0.0272. The maximum atomic E-state index is 12.0. The zero-order valence-corrected chi connectivity index (χ0v) is 12.4. The van der Waals surface area contributed by atoms with E-state index in [0.717, 1.165) is 17.8 Å². The van der Waals surface area contributed by atoms with Crippen molar-refractivity contribution >= 4 is 11.6 Å². The Balaban J connectivity index is 1.80. The molecule has 1 aromatic carbocycles. The summed E-state index contributed by atoms with van der Waals surface area (Å²) in [6.07, 6.45) is 5.60. The van der Waals surface area contributed by atoms with Crippen molar-refractivity contribution in [2.75, 3.05) is 19.0 Å². The van der Waals surface area contributed by atoms with E-state index in [1.807, 2.05) is 25.1 Å². The van der Waals surface area contributed by atoms with E-state index in [-0.39, 0.29) is 5.91 Å². The van der Waals surface area contributed by atoms with Gasteiger partial charge in [-0.1, -0.05) is 18.9 Å². The zero-order chi connectivity index (χ0) is 14.4. The molecular formula is C16H24N2O2. The Labute approximate surface area is 120 Å². The first-order valence-electron chi connectivity index (χ1n) is 7.37. The Morgan fingerprint density at radius 2 is 2.10 bits per heavy atom. The lowest BCUT2D eigenvalue weighted by Crippen LogP contribution is -2.29. The molecule has 1 saturated carbocycles. The summed E-state index contributed by atoms with van der Waals surface area (Å²) in [5, 5.41) is 6.37. The predicted octanol–water partition coefficient (Wildman–Crippen LogP) is 2.86. The summed E-state index contributed by atoms with van der Waals surface area (Å²) in [5.41, 5.74) is 1.85. The molecule has 0 unspecified atom stereocenters. The van der Waals surface area contributed by atoms with Crippen molar-refractivity contribution in [3.8, 4) is 5.75 Å². The molecule has 1 aromatic rings. The molecule has 0 aromatic heterocycles. The minimum absolute atomic E-state index is 0.0272. The smallest absolute Gasteiger partial charge is 0.225 e. The Morgan fingerprint density at radius 3 is 2.80 bits per heavy atom. The first kappa shape index (κ1) is 14.9. The molecule has 20 heavy (non-hydrogen) atoms. The van der Waals surface area contributed by atoms with Gasteiger partial charge in [0.15, 0.2) is 0 Å². The van der Waals surface area contributed by atoms with Crippen LogP contribution in [0, 0.1) is 6.92 Å². The fraction of sp³-hybridized carbons (Fsp3) is 0.562. The number of hydrogen-bond acceptors (Lipinski definition) is 3. The number of benzene rings is 1. The highest BCUT2D eigenvalue weighted by Crippen LogP contribution is 2.25. The topological polar surface area (TPSA) is 50.4 Å². The van der Waals surface area contributed by atoms with Gasteiger partial charge in [0.25, 0.3) is 0 Å². The number of carbonyl (C=O) groups excluding carboxylic acids is 1. The summed E-state index contributed by atoms with van der Waals surface area (Å²) in [6, 6.07) is 6.38. The molecule has 1 amide bonds. The molecule has 4 heteroatoms. The second-order valence-corrected chi connectivity index (χ2v) is 5.44. The van der Waals surface area contributed by atoms with Gasteiger partial charge in [0.2, 0.25) is 5.91 Å². The molecule has 2 rings (SSSR count). The van der Waals surface area contributed by atoms with E-state index in [9.17, 15) is 4.79 Å². The van der Waals surface area contributed by atoms with Crippen molar-refractivity contribution in [1.29, 1.82) is 0 Å². The molecule has 110 valence electrons. The Hall–Kier alpha value is -1.55. The molecule has 1 aliphatic carbocycles. The Morgan fingerprint density at radius 1 is 1.35 bits per heavy atom. The maximum Gasteiger partial charge on any atom is 0.225 e. The van der Waals surface area contributed by atoms with Crippen molar-refractivity contribution in [1.82, 2.24) is 5.32 Å². The fourth-order valence-corrected chi connectivity index (χ4v) is 2.65. The van der Waals surface area contributed by atoms with Gasteiger partial charge in [-0.3, -0.25) is 4.79 Å². The molecule has 1 aliphatic rings. The van der Waals surface area contributed by atoms with Crippen LogP contribution in [0.25, 0.3) is 0 Å². The quantitative estimate of drug-likeness (QED) is 0.840. The largest absolute Gasteiger partial charge is 0.495 e. The zero-order valence-electron chi connectivity index (χ0n) is 12.4. The van der Waals surface area contributed by atoms with Crippen LogP contribution in [0.4, 0.5) is 5.69 Å². The summed E-state index contributed by atoms with van der Waals surface area (Å²) in [6.45, 7) is 2.74. The van der Waals surface area contributed by atoms with Gasteiger partial charge in [-0.2, -0.15) is 0 Å². The third-order valence-electron chi connectivity index (χ3n) is 3.77. The molecule has 0 spiro atoms. The van der Waals surface area contributed by atoms with Gasteiger partial charge in [0.05, 0.1) is 12.8 Å². The first-order valence-corrected chi connectivity index (χ1v) is 7.37. The highest BCUT2D eigenvalue weighted by atomic mass is 16.5. The van der Waals surface area contributed by atoms with Crippen LogP contribution in [0.3, 0.4) is 0 Å². The van der Waals surface area contributed by atoms with Crippen LogP contribution in [0.1, 0.15) is 37.7 Å². The molecule has 0 bridgehead atoms. The van der Waals surface area contributed by atoms with E-state index in [0.29, 0.717) is 18.2 Å². The van der Waals surface area contributed by atoms with E-state index < -0.39 is 0 Å². The lowest BCUT2D eigenvalue weighted by atomic mass is 10.2. The normalized spacial score (nSPS) is 15.3. The fourth-order valence-electron chi connectivity index (χ4n) is 2.65. The summed E-state index contributed by atoms with van der Waals surface area (Å²) in [4.78, 5) is 12.0. The molecule has 2 N–H and O–H groups in total. The van der Waals surface area contributed by atoms with Crippen molar-refractivity contribution in [3.05, 3.63) is 23.8 Å². The number of carbonyl (C=O) groups is 1. The minimum Gasteiger partial charge on any atom is -0.495 e. The lowest BCUT2D eigenvalue weighted by molar-refractivity contribution is -0.116.